The lowest BCUT2D eigenvalue weighted by Gasteiger charge is -2.19. The molecule has 1 aliphatic rings. The molecule has 3 heteroatoms. The number of carbonyl (C=O) groups excluding carboxylic acids is 1. The van der Waals surface area contributed by atoms with Crippen LogP contribution in [0.25, 0.3) is 0 Å². The van der Waals surface area contributed by atoms with Gasteiger partial charge in [-0.1, -0.05) is 11.8 Å². The number of fused-ring (bicyclic) bond motifs is 1. The summed E-state index contributed by atoms with van der Waals surface area (Å²) >= 11 is 5.62. The first-order valence-corrected chi connectivity index (χ1v) is 6.72. The van der Waals surface area contributed by atoms with Crippen LogP contribution in [0.5, 0.6) is 0 Å². The molecule has 1 aromatic carbocycles. The number of halogens is 1. The van der Waals surface area contributed by atoms with E-state index in [1.165, 1.54) is 0 Å². The lowest BCUT2D eigenvalue weighted by atomic mass is 9.96. The lowest BCUT2D eigenvalue weighted by Crippen LogP contribution is -2.19. The minimum Gasteiger partial charge on any atom is -0.383 e. The Hall–Kier alpha value is -1.46. The Labute approximate surface area is 113 Å². The maximum absolute atomic E-state index is 11.9. The van der Waals surface area contributed by atoms with E-state index in [0.717, 1.165) is 35.2 Å². The molecule has 0 amide bonds. The van der Waals surface area contributed by atoms with E-state index in [4.69, 9.17) is 11.6 Å². The number of hydrogen-bond acceptors (Lipinski definition) is 2. The minimum absolute atomic E-state index is 0.205. The lowest BCUT2D eigenvalue weighted by molar-refractivity contribution is 0.0983. The number of anilines is 1. The van der Waals surface area contributed by atoms with E-state index in [1.54, 1.807) is 0 Å². The number of carbonyl (C=O) groups is 1. The zero-order chi connectivity index (χ0) is 13.0. The number of nitrogens with one attached hydrogen (secondary N) is 1. The number of rotatable bonds is 2. The summed E-state index contributed by atoms with van der Waals surface area (Å²) in [5.41, 5.74) is 3.68. The zero-order valence-corrected chi connectivity index (χ0v) is 11.2. The van der Waals surface area contributed by atoms with Crippen molar-refractivity contribution in [3.05, 3.63) is 28.8 Å². The zero-order valence-electron chi connectivity index (χ0n) is 10.5. The van der Waals surface area contributed by atoms with Gasteiger partial charge in [0.15, 0.2) is 5.78 Å². The number of hydrogen-bond donors (Lipinski definition) is 1. The SMILES string of the molecule is Cc1cc(C#CCCCCl)c2c(c1)C(=O)CCN2. The maximum Gasteiger partial charge on any atom is 0.166 e. The number of unbranched alkanes of at least 4 members (excludes halogenated alkanes) is 1. The fourth-order valence-corrected chi connectivity index (χ4v) is 2.18. The number of aryl methyl sites for hydroxylation is 1. The first kappa shape index (κ1) is 13.0. The summed E-state index contributed by atoms with van der Waals surface area (Å²) in [7, 11) is 0. The molecule has 18 heavy (non-hydrogen) atoms. The van der Waals surface area contributed by atoms with Gasteiger partial charge in [-0.25, -0.2) is 0 Å². The Morgan fingerprint density at radius 1 is 1.44 bits per heavy atom. The molecule has 0 atom stereocenters. The second-order valence-corrected chi connectivity index (χ2v) is 4.81. The smallest absolute Gasteiger partial charge is 0.166 e. The third kappa shape index (κ3) is 2.86. The fourth-order valence-electron chi connectivity index (χ4n) is 2.04. The first-order valence-electron chi connectivity index (χ1n) is 6.19. The van der Waals surface area contributed by atoms with Crippen molar-refractivity contribution in [2.75, 3.05) is 17.7 Å². The van der Waals surface area contributed by atoms with Crippen LogP contribution >= 0.6 is 11.6 Å². The first-order chi connectivity index (χ1) is 8.72. The topological polar surface area (TPSA) is 29.1 Å². The monoisotopic (exact) mass is 261 g/mol. The van der Waals surface area contributed by atoms with E-state index in [2.05, 4.69) is 17.2 Å². The standard InChI is InChI=1S/C15H16ClNO/c1-11-9-12(5-3-2-4-7-16)15-13(10-11)14(18)6-8-17-15/h9-10,17H,2,4,6-8H2,1H3. The molecule has 2 nitrogen and oxygen atoms in total. The van der Waals surface area contributed by atoms with Crippen molar-refractivity contribution in [2.24, 2.45) is 0 Å². The summed E-state index contributed by atoms with van der Waals surface area (Å²) in [5.74, 6) is 7.10. The third-order valence-electron chi connectivity index (χ3n) is 2.90. The third-order valence-corrected chi connectivity index (χ3v) is 3.16. The second kappa shape index (κ2) is 5.93. The minimum atomic E-state index is 0.205. The average molecular weight is 262 g/mol. The Balaban J connectivity index is 2.34. The van der Waals surface area contributed by atoms with E-state index in [9.17, 15) is 4.79 Å². The van der Waals surface area contributed by atoms with Gasteiger partial charge in [0.05, 0.1) is 5.69 Å². The molecule has 0 spiro atoms. The highest BCUT2D eigenvalue weighted by atomic mass is 35.5. The summed E-state index contributed by atoms with van der Waals surface area (Å²) in [4.78, 5) is 11.9. The van der Waals surface area contributed by atoms with Crippen LogP contribution < -0.4 is 5.32 Å². The molecule has 0 aromatic heterocycles. The summed E-state index contributed by atoms with van der Waals surface area (Å²) in [5, 5.41) is 3.28. The summed E-state index contributed by atoms with van der Waals surface area (Å²) in [6, 6.07) is 3.96. The van der Waals surface area contributed by atoms with Crippen LogP contribution in [-0.2, 0) is 0 Å². The van der Waals surface area contributed by atoms with Crippen LogP contribution in [0, 0.1) is 18.8 Å². The predicted octanol–water partition coefficient (Wildman–Crippen LogP) is 3.36. The fraction of sp³-hybridized carbons (Fsp3) is 0.400. The predicted molar refractivity (Wildman–Crippen MR) is 75.4 cm³/mol. The Morgan fingerprint density at radius 2 is 2.28 bits per heavy atom. The van der Waals surface area contributed by atoms with Crippen molar-refractivity contribution in [1.29, 1.82) is 0 Å². The summed E-state index contributed by atoms with van der Waals surface area (Å²) < 4.78 is 0. The Kier molecular flexibility index (Phi) is 4.28. The Morgan fingerprint density at radius 3 is 3.06 bits per heavy atom. The van der Waals surface area contributed by atoms with Gasteiger partial charge in [0.25, 0.3) is 0 Å². The molecule has 0 unspecified atom stereocenters. The largest absolute Gasteiger partial charge is 0.383 e. The number of ketones is 1. The molecule has 0 bridgehead atoms. The molecule has 94 valence electrons. The molecule has 0 saturated heterocycles. The van der Waals surface area contributed by atoms with Crippen molar-refractivity contribution in [3.8, 4) is 11.8 Å². The molecule has 1 aliphatic heterocycles. The maximum atomic E-state index is 11.9. The van der Waals surface area contributed by atoms with Crippen molar-refractivity contribution < 1.29 is 4.79 Å². The number of alkyl halides is 1. The molecule has 1 N–H and O–H groups in total. The van der Waals surface area contributed by atoms with Crippen LogP contribution in [0.3, 0.4) is 0 Å². The highest BCUT2D eigenvalue weighted by molar-refractivity contribution is 6.17. The molecule has 1 heterocycles. The van der Waals surface area contributed by atoms with E-state index in [-0.39, 0.29) is 5.78 Å². The normalized spacial score (nSPS) is 13.3. The van der Waals surface area contributed by atoms with Crippen LogP contribution in [0.2, 0.25) is 0 Å². The van der Waals surface area contributed by atoms with E-state index in [0.29, 0.717) is 18.8 Å². The molecular formula is C15H16ClNO. The summed E-state index contributed by atoms with van der Waals surface area (Å²) in [6.45, 7) is 2.69. The van der Waals surface area contributed by atoms with Crippen LogP contribution in [0.4, 0.5) is 5.69 Å². The van der Waals surface area contributed by atoms with E-state index < -0.39 is 0 Å². The quantitative estimate of drug-likeness (QED) is 0.502. The van der Waals surface area contributed by atoms with Crippen LogP contribution in [0.15, 0.2) is 12.1 Å². The van der Waals surface area contributed by atoms with Crippen molar-refractivity contribution in [2.45, 2.75) is 26.2 Å². The van der Waals surface area contributed by atoms with Gasteiger partial charge in [-0.15, -0.1) is 11.6 Å². The molecule has 0 aliphatic carbocycles. The second-order valence-electron chi connectivity index (χ2n) is 4.43. The molecule has 0 saturated carbocycles. The molecule has 2 rings (SSSR count). The highest BCUT2D eigenvalue weighted by Crippen LogP contribution is 2.27. The molecule has 0 fully saturated rings. The van der Waals surface area contributed by atoms with Gasteiger partial charge in [0, 0.05) is 36.4 Å². The van der Waals surface area contributed by atoms with Crippen LogP contribution in [-0.4, -0.2) is 18.2 Å². The van der Waals surface area contributed by atoms with E-state index in [1.807, 2.05) is 19.1 Å². The van der Waals surface area contributed by atoms with Gasteiger partial charge >= 0.3 is 0 Å². The Bertz CT molecular complexity index is 525. The van der Waals surface area contributed by atoms with Crippen molar-refractivity contribution in [3.63, 3.8) is 0 Å². The van der Waals surface area contributed by atoms with E-state index >= 15 is 0 Å². The van der Waals surface area contributed by atoms with Gasteiger partial charge < -0.3 is 5.32 Å². The summed E-state index contributed by atoms with van der Waals surface area (Å²) in [6.07, 6.45) is 2.25. The number of benzene rings is 1. The van der Waals surface area contributed by atoms with Gasteiger partial charge in [-0.3, -0.25) is 4.79 Å². The number of Topliss-reactive ketones (excluding diaryl/α,β-unsaturated/α-hetero) is 1. The highest BCUT2D eigenvalue weighted by Gasteiger charge is 2.19. The van der Waals surface area contributed by atoms with Gasteiger partial charge in [-0.05, 0) is 31.0 Å². The van der Waals surface area contributed by atoms with Crippen molar-refractivity contribution in [1.82, 2.24) is 0 Å². The molecule has 1 aromatic rings. The van der Waals surface area contributed by atoms with Gasteiger partial charge in [-0.2, -0.15) is 0 Å². The van der Waals surface area contributed by atoms with Crippen molar-refractivity contribution >= 4 is 23.1 Å². The average Bonchev–Trinajstić information content (AvgIpc) is 2.36. The molecule has 0 radical (unpaired) electrons. The van der Waals surface area contributed by atoms with Gasteiger partial charge in [0.2, 0.25) is 0 Å². The molecular weight excluding hydrogens is 246 g/mol. The van der Waals surface area contributed by atoms with Gasteiger partial charge in [0.1, 0.15) is 0 Å². The van der Waals surface area contributed by atoms with Crippen LogP contribution in [0.1, 0.15) is 40.7 Å².